The number of thiazole rings is 1. The minimum Gasteiger partial charge on any atom is -0.356 e. The Balaban J connectivity index is 0.00000288. The van der Waals surface area contributed by atoms with E-state index in [4.69, 9.17) is 0 Å². The summed E-state index contributed by atoms with van der Waals surface area (Å²) in [6.07, 6.45) is 4.63. The molecule has 0 unspecified atom stereocenters. The fraction of sp³-hybridized carbons (Fsp3) is 0.412. The van der Waals surface area contributed by atoms with Gasteiger partial charge in [0.15, 0.2) is 5.96 Å². The average Bonchev–Trinajstić information content (AvgIpc) is 3.01. The second-order valence-electron chi connectivity index (χ2n) is 5.13. The lowest BCUT2D eigenvalue weighted by Crippen LogP contribution is -2.39. The number of aryl methyl sites for hydroxylation is 1. The summed E-state index contributed by atoms with van der Waals surface area (Å²) in [5, 5.41) is 7.66. The third kappa shape index (κ3) is 7.12. The lowest BCUT2D eigenvalue weighted by molar-refractivity contribution is 0.625. The Labute approximate surface area is 164 Å². The molecule has 0 bridgehead atoms. The Kier molecular flexibility index (Phi) is 9.85. The summed E-state index contributed by atoms with van der Waals surface area (Å²) in [4.78, 5) is 9.91. The predicted molar refractivity (Wildman–Crippen MR) is 110 cm³/mol. The second kappa shape index (κ2) is 11.4. The number of halogens is 2. The molecule has 2 N–H and O–H groups in total. The minimum absolute atomic E-state index is 0. The topological polar surface area (TPSA) is 49.3 Å². The standard InChI is InChI=1S/C17H23FN4S.HI/c1-3-15-12-22-16(23-15)8-10-21-17(19-2)20-9-7-13-5-4-6-14(18)11-13;/h4-6,11-12H,3,7-10H2,1-2H3,(H2,19,20,21);1H. The number of hydrogen-bond donors (Lipinski definition) is 2. The van der Waals surface area contributed by atoms with Gasteiger partial charge in [-0.1, -0.05) is 19.1 Å². The van der Waals surface area contributed by atoms with Gasteiger partial charge in [-0.25, -0.2) is 9.37 Å². The van der Waals surface area contributed by atoms with Gasteiger partial charge in [-0.3, -0.25) is 4.99 Å². The van der Waals surface area contributed by atoms with Crippen LogP contribution in [0.4, 0.5) is 4.39 Å². The highest BCUT2D eigenvalue weighted by atomic mass is 127. The predicted octanol–water partition coefficient (Wildman–Crippen LogP) is 3.41. The summed E-state index contributed by atoms with van der Waals surface area (Å²) in [7, 11) is 1.75. The zero-order chi connectivity index (χ0) is 16.5. The molecule has 24 heavy (non-hydrogen) atoms. The van der Waals surface area contributed by atoms with Gasteiger partial charge in [0.2, 0.25) is 0 Å². The largest absolute Gasteiger partial charge is 0.356 e. The second-order valence-corrected chi connectivity index (χ2v) is 6.33. The number of aromatic nitrogens is 1. The summed E-state index contributed by atoms with van der Waals surface area (Å²) >= 11 is 1.76. The van der Waals surface area contributed by atoms with Gasteiger partial charge < -0.3 is 10.6 Å². The van der Waals surface area contributed by atoms with E-state index in [1.165, 1.54) is 10.9 Å². The van der Waals surface area contributed by atoms with Gasteiger partial charge in [0.05, 0.1) is 5.01 Å². The molecule has 132 valence electrons. The van der Waals surface area contributed by atoms with Crippen LogP contribution in [-0.2, 0) is 19.3 Å². The number of benzene rings is 1. The van der Waals surface area contributed by atoms with Crippen LogP contribution < -0.4 is 10.6 Å². The average molecular weight is 462 g/mol. The molecule has 2 aromatic rings. The van der Waals surface area contributed by atoms with Gasteiger partial charge in [-0.05, 0) is 30.5 Å². The van der Waals surface area contributed by atoms with Gasteiger partial charge in [0.25, 0.3) is 0 Å². The number of guanidine groups is 1. The highest BCUT2D eigenvalue weighted by molar-refractivity contribution is 14.0. The summed E-state index contributed by atoms with van der Waals surface area (Å²) in [5.41, 5.74) is 0.975. The molecule has 0 saturated heterocycles. The van der Waals surface area contributed by atoms with Crippen molar-refractivity contribution in [2.75, 3.05) is 20.1 Å². The summed E-state index contributed by atoms with van der Waals surface area (Å²) in [6.45, 7) is 3.64. The molecule has 0 aliphatic rings. The van der Waals surface area contributed by atoms with Gasteiger partial charge in [0, 0.05) is 37.6 Å². The summed E-state index contributed by atoms with van der Waals surface area (Å²) in [6, 6.07) is 6.68. The van der Waals surface area contributed by atoms with Crippen molar-refractivity contribution in [3.63, 3.8) is 0 Å². The van der Waals surface area contributed by atoms with E-state index in [-0.39, 0.29) is 29.8 Å². The molecule has 7 heteroatoms. The first-order valence-corrected chi connectivity index (χ1v) is 8.65. The van der Waals surface area contributed by atoms with Crippen molar-refractivity contribution in [3.8, 4) is 0 Å². The number of rotatable bonds is 7. The summed E-state index contributed by atoms with van der Waals surface area (Å²) in [5.74, 6) is 0.563. The van der Waals surface area contributed by atoms with Crippen LogP contribution in [0, 0.1) is 5.82 Å². The molecule has 0 aliphatic carbocycles. The molecule has 1 aromatic heterocycles. The van der Waals surface area contributed by atoms with Gasteiger partial charge in [0.1, 0.15) is 5.82 Å². The fourth-order valence-electron chi connectivity index (χ4n) is 2.15. The first-order chi connectivity index (χ1) is 11.2. The van der Waals surface area contributed by atoms with E-state index < -0.39 is 0 Å². The molecule has 0 spiro atoms. The van der Waals surface area contributed by atoms with Crippen molar-refractivity contribution in [3.05, 3.63) is 51.7 Å². The number of nitrogens with one attached hydrogen (secondary N) is 2. The SMILES string of the molecule is CCc1cnc(CCNC(=NC)NCCc2cccc(F)c2)s1.I. The smallest absolute Gasteiger partial charge is 0.191 e. The van der Waals surface area contributed by atoms with Crippen LogP contribution in [0.15, 0.2) is 35.5 Å². The normalized spacial score (nSPS) is 11.0. The van der Waals surface area contributed by atoms with Crippen molar-refractivity contribution >= 4 is 41.3 Å². The van der Waals surface area contributed by atoms with Crippen LogP contribution in [-0.4, -0.2) is 31.1 Å². The first-order valence-electron chi connectivity index (χ1n) is 7.83. The molecule has 2 rings (SSSR count). The van der Waals surface area contributed by atoms with Gasteiger partial charge in [-0.15, -0.1) is 35.3 Å². The maximum Gasteiger partial charge on any atom is 0.191 e. The molecular weight excluding hydrogens is 438 g/mol. The number of aliphatic imine (C=N–C) groups is 1. The molecule has 1 aromatic carbocycles. The molecule has 0 fully saturated rings. The van der Waals surface area contributed by atoms with Crippen LogP contribution in [0.1, 0.15) is 22.4 Å². The van der Waals surface area contributed by atoms with Crippen molar-refractivity contribution in [2.24, 2.45) is 4.99 Å². The Bertz CT molecular complexity index is 645. The van der Waals surface area contributed by atoms with Crippen molar-refractivity contribution in [1.29, 1.82) is 0 Å². The maximum absolute atomic E-state index is 13.1. The minimum atomic E-state index is -0.195. The zero-order valence-electron chi connectivity index (χ0n) is 14.0. The van der Waals surface area contributed by atoms with Gasteiger partial charge in [-0.2, -0.15) is 0 Å². The van der Waals surface area contributed by atoms with Crippen molar-refractivity contribution in [1.82, 2.24) is 15.6 Å². The Morgan fingerprint density at radius 2 is 2.00 bits per heavy atom. The molecular formula is C17H24FIN4S. The van der Waals surface area contributed by atoms with Crippen LogP contribution >= 0.6 is 35.3 Å². The Hall–Kier alpha value is -1.22. The molecule has 0 radical (unpaired) electrons. The van der Waals surface area contributed by atoms with Crippen LogP contribution in [0.3, 0.4) is 0 Å². The molecule has 4 nitrogen and oxygen atoms in total. The zero-order valence-corrected chi connectivity index (χ0v) is 17.2. The van der Waals surface area contributed by atoms with Crippen molar-refractivity contribution < 1.29 is 4.39 Å². The quantitative estimate of drug-likeness (QED) is 0.377. The van der Waals surface area contributed by atoms with Crippen LogP contribution in [0.2, 0.25) is 0 Å². The van der Waals surface area contributed by atoms with E-state index in [0.29, 0.717) is 6.54 Å². The molecule has 1 heterocycles. The highest BCUT2D eigenvalue weighted by Crippen LogP contribution is 2.13. The van der Waals surface area contributed by atoms with E-state index >= 15 is 0 Å². The van der Waals surface area contributed by atoms with E-state index in [2.05, 4.69) is 27.5 Å². The maximum atomic E-state index is 13.1. The fourth-order valence-corrected chi connectivity index (χ4v) is 3.02. The molecule has 0 amide bonds. The monoisotopic (exact) mass is 462 g/mol. The molecule has 0 atom stereocenters. The lowest BCUT2D eigenvalue weighted by atomic mass is 10.1. The third-order valence-corrected chi connectivity index (χ3v) is 4.60. The van der Waals surface area contributed by atoms with Crippen LogP contribution in [0.5, 0.6) is 0 Å². The van der Waals surface area contributed by atoms with E-state index in [9.17, 15) is 4.39 Å². The van der Waals surface area contributed by atoms with E-state index in [0.717, 1.165) is 42.3 Å². The first kappa shape index (κ1) is 20.8. The summed E-state index contributed by atoms with van der Waals surface area (Å²) < 4.78 is 13.1. The Morgan fingerprint density at radius 1 is 1.25 bits per heavy atom. The number of nitrogens with zero attached hydrogens (tertiary/aromatic N) is 2. The number of hydrogen-bond acceptors (Lipinski definition) is 3. The Morgan fingerprint density at radius 3 is 2.62 bits per heavy atom. The third-order valence-electron chi connectivity index (χ3n) is 3.40. The molecule has 0 saturated carbocycles. The van der Waals surface area contributed by atoms with Crippen LogP contribution in [0.25, 0.3) is 0 Å². The van der Waals surface area contributed by atoms with Crippen molar-refractivity contribution in [2.45, 2.75) is 26.2 Å². The van der Waals surface area contributed by atoms with E-state index in [1.54, 1.807) is 30.5 Å². The molecule has 0 aliphatic heterocycles. The van der Waals surface area contributed by atoms with E-state index in [1.807, 2.05) is 12.3 Å². The highest BCUT2D eigenvalue weighted by Gasteiger charge is 2.02. The van der Waals surface area contributed by atoms with Gasteiger partial charge >= 0.3 is 0 Å². The lowest BCUT2D eigenvalue weighted by Gasteiger charge is -2.11.